The molecule has 0 spiro atoms. The van der Waals surface area contributed by atoms with Crippen LogP contribution in [0.2, 0.25) is 0 Å². The predicted molar refractivity (Wildman–Crippen MR) is 91.3 cm³/mol. The molecule has 0 aliphatic carbocycles. The highest BCUT2D eigenvalue weighted by Gasteiger charge is 2.37. The number of hydrogen-bond acceptors (Lipinski definition) is 5. The molecule has 5 heteroatoms. The maximum Gasteiger partial charge on any atom is 0.182 e. The highest BCUT2D eigenvalue weighted by Crippen LogP contribution is 2.25. The zero-order chi connectivity index (χ0) is 17.3. The molecule has 130 valence electrons. The molecule has 1 aromatic carbocycles. The minimum Gasteiger partial charge on any atom is -0.497 e. The van der Waals surface area contributed by atoms with E-state index in [0.29, 0.717) is 38.3 Å². The molecule has 0 aromatic heterocycles. The molecule has 0 saturated carbocycles. The van der Waals surface area contributed by atoms with Crippen molar-refractivity contribution in [3.8, 4) is 5.75 Å². The summed E-state index contributed by atoms with van der Waals surface area (Å²) in [4.78, 5) is 15.2. The fourth-order valence-electron chi connectivity index (χ4n) is 2.59. The summed E-state index contributed by atoms with van der Waals surface area (Å²) in [6, 6.07) is 7.27. The van der Waals surface area contributed by atoms with Gasteiger partial charge in [-0.3, -0.25) is 9.69 Å². The van der Waals surface area contributed by atoms with E-state index in [4.69, 9.17) is 14.2 Å². The molecule has 1 rings (SSSR count). The minimum absolute atomic E-state index is 0.106. The Morgan fingerprint density at radius 3 is 1.96 bits per heavy atom. The van der Waals surface area contributed by atoms with Crippen molar-refractivity contribution in [3.05, 3.63) is 29.8 Å². The van der Waals surface area contributed by atoms with Gasteiger partial charge in [0.1, 0.15) is 5.75 Å². The summed E-state index contributed by atoms with van der Waals surface area (Å²) in [5, 5.41) is 0. The fraction of sp³-hybridized carbons (Fsp3) is 0.611. The smallest absolute Gasteiger partial charge is 0.182 e. The van der Waals surface area contributed by atoms with Crippen molar-refractivity contribution in [2.45, 2.75) is 25.8 Å². The van der Waals surface area contributed by atoms with E-state index in [1.54, 1.807) is 21.3 Å². The van der Waals surface area contributed by atoms with Crippen molar-refractivity contribution in [1.29, 1.82) is 0 Å². The van der Waals surface area contributed by atoms with Crippen LogP contribution in [0, 0.1) is 0 Å². The summed E-state index contributed by atoms with van der Waals surface area (Å²) in [6.07, 6.45) is 0.714. The summed E-state index contributed by atoms with van der Waals surface area (Å²) in [5.41, 5.74) is 0.0982. The average molecular weight is 323 g/mol. The molecule has 0 saturated heterocycles. The Morgan fingerprint density at radius 1 is 1.04 bits per heavy atom. The zero-order valence-electron chi connectivity index (χ0n) is 14.9. The van der Waals surface area contributed by atoms with Crippen LogP contribution in [0.15, 0.2) is 24.3 Å². The molecule has 23 heavy (non-hydrogen) atoms. The maximum absolute atomic E-state index is 13.1. The molecular formula is C18H29NO4. The van der Waals surface area contributed by atoms with Gasteiger partial charge in [-0.1, -0.05) is 6.92 Å². The third-order valence-corrected chi connectivity index (χ3v) is 4.36. The minimum atomic E-state index is -0.592. The molecule has 0 aliphatic rings. The first-order chi connectivity index (χ1) is 11.0. The number of carbonyl (C=O) groups excluding carboxylic acids is 1. The zero-order valence-corrected chi connectivity index (χ0v) is 14.9. The van der Waals surface area contributed by atoms with E-state index in [9.17, 15) is 4.79 Å². The SMILES string of the molecule is CCC(C)(C(=O)c1ccc(OC)cc1)N(CCOC)CCOC. The lowest BCUT2D eigenvalue weighted by Gasteiger charge is -2.39. The van der Waals surface area contributed by atoms with Crippen molar-refractivity contribution in [1.82, 2.24) is 4.90 Å². The Morgan fingerprint density at radius 2 is 1.57 bits per heavy atom. The van der Waals surface area contributed by atoms with Gasteiger partial charge in [0.05, 0.1) is 25.9 Å². The van der Waals surface area contributed by atoms with E-state index in [1.807, 2.05) is 38.1 Å². The molecule has 0 aliphatic heterocycles. The summed E-state index contributed by atoms with van der Waals surface area (Å²) in [7, 11) is 4.95. The standard InChI is InChI=1S/C18H29NO4/c1-6-18(2,19(11-13-21-3)12-14-22-4)17(20)15-7-9-16(23-5)10-8-15/h7-10H,6,11-14H2,1-5H3. The van der Waals surface area contributed by atoms with Gasteiger partial charge in [-0.2, -0.15) is 0 Å². The Balaban J connectivity index is 3.02. The lowest BCUT2D eigenvalue weighted by atomic mass is 9.86. The first-order valence-corrected chi connectivity index (χ1v) is 7.95. The van der Waals surface area contributed by atoms with Crippen LogP contribution < -0.4 is 4.74 Å². The second-order valence-electron chi connectivity index (χ2n) is 5.66. The van der Waals surface area contributed by atoms with Gasteiger partial charge in [-0.05, 0) is 37.6 Å². The molecule has 0 fully saturated rings. The van der Waals surface area contributed by atoms with Crippen LogP contribution in [-0.4, -0.2) is 63.9 Å². The van der Waals surface area contributed by atoms with Gasteiger partial charge in [-0.25, -0.2) is 0 Å². The lowest BCUT2D eigenvalue weighted by molar-refractivity contribution is 0.0343. The Hall–Kier alpha value is -1.43. The Kier molecular flexibility index (Phi) is 8.23. The summed E-state index contributed by atoms with van der Waals surface area (Å²) in [6.45, 7) is 6.56. The first kappa shape index (κ1) is 19.6. The molecule has 1 atom stereocenters. The largest absolute Gasteiger partial charge is 0.497 e. The number of Topliss-reactive ketones (excluding diaryl/α,β-unsaturated/α-hetero) is 1. The van der Waals surface area contributed by atoms with E-state index >= 15 is 0 Å². The van der Waals surface area contributed by atoms with E-state index in [-0.39, 0.29) is 5.78 Å². The van der Waals surface area contributed by atoms with Crippen molar-refractivity contribution in [3.63, 3.8) is 0 Å². The first-order valence-electron chi connectivity index (χ1n) is 7.95. The molecule has 5 nitrogen and oxygen atoms in total. The highest BCUT2D eigenvalue weighted by molar-refractivity contribution is 6.03. The molecular weight excluding hydrogens is 294 g/mol. The van der Waals surface area contributed by atoms with Crippen LogP contribution in [0.4, 0.5) is 0 Å². The number of carbonyl (C=O) groups is 1. The normalized spacial score (nSPS) is 13.8. The van der Waals surface area contributed by atoms with Crippen LogP contribution in [-0.2, 0) is 9.47 Å². The molecule has 1 unspecified atom stereocenters. The van der Waals surface area contributed by atoms with Gasteiger partial charge in [0, 0.05) is 32.9 Å². The molecule has 0 N–H and O–H groups in total. The lowest BCUT2D eigenvalue weighted by Crippen LogP contribution is -2.54. The van der Waals surface area contributed by atoms with Gasteiger partial charge < -0.3 is 14.2 Å². The third kappa shape index (κ3) is 5.03. The number of rotatable bonds is 11. The number of nitrogens with zero attached hydrogens (tertiary/aromatic N) is 1. The van der Waals surface area contributed by atoms with Gasteiger partial charge in [0.15, 0.2) is 5.78 Å². The van der Waals surface area contributed by atoms with E-state index in [1.165, 1.54) is 0 Å². The molecule has 0 heterocycles. The van der Waals surface area contributed by atoms with Crippen molar-refractivity contribution < 1.29 is 19.0 Å². The van der Waals surface area contributed by atoms with Crippen LogP contribution in [0.3, 0.4) is 0 Å². The van der Waals surface area contributed by atoms with E-state index in [2.05, 4.69) is 4.90 Å². The number of ketones is 1. The van der Waals surface area contributed by atoms with Gasteiger partial charge in [0.25, 0.3) is 0 Å². The van der Waals surface area contributed by atoms with Crippen LogP contribution in [0.1, 0.15) is 30.6 Å². The quantitative estimate of drug-likeness (QED) is 0.586. The molecule has 0 radical (unpaired) electrons. The topological polar surface area (TPSA) is 48.0 Å². The molecule has 0 bridgehead atoms. The predicted octanol–water partition coefficient (Wildman–Crippen LogP) is 2.64. The van der Waals surface area contributed by atoms with Gasteiger partial charge in [0.2, 0.25) is 0 Å². The fourth-order valence-corrected chi connectivity index (χ4v) is 2.59. The number of hydrogen-bond donors (Lipinski definition) is 0. The maximum atomic E-state index is 13.1. The van der Waals surface area contributed by atoms with Crippen molar-refractivity contribution in [2.75, 3.05) is 47.6 Å². The second-order valence-corrected chi connectivity index (χ2v) is 5.66. The van der Waals surface area contributed by atoms with Crippen LogP contribution >= 0.6 is 0 Å². The van der Waals surface area contributed by atoms with Crippen LogP contribution in [0.25, 0.3) is 0 Å². The molecule has 1 aromatic rings. The number of benzene rings is 1. The summed E-state index contributed by atoms with van der Waals surface area (Å²) in [5.74, 6) is 0.852. The summed E-state index contributed by atoms with van der Waals surface area (Å²) >= 11 is 0. The number of ether oxygens (including phenoxy) is 3. The van der Waals surface area contributed by atoms with E-state index < -0.39 is 5.54 Å². The van der Waals surface area contributed by atoms with Crippen LogP contribution in [0.5, 0.6) is 5.75 Å². The molecule has 0 amide bonds. The third-order valence-electron chi connectivity index (χ3n) is 4.36. The van der Waals surface area contributed by atoms with Crippen molar-refractivity contribution >= 4 is 5.78 Å². The summed E-state index contributed by atoms with van der Waals surface area (Å²) < 4.78 is 15.6. The highest BCUT2D eigenvalue weighted by atomic mass is 16.5. The second kappa shape index (κ2) is 9.65. The van der Waals surface area contributed by atoms with E-state index in [0.717, 1.165) is 5.75 Å². The number of methoxy groups -OCH3 is 3. The Bertz CT molecular complexity index is 466. The van der Waals surface area contributed by atoms with Crippen molar-refractivity contribution in [2.24, 2.45) is 0 Å². The Labute approximate surface area is 139 Å². The average Bonchev–Trinajstić information content (AvgIpc) is 2.60. The van der Waals surface area contributed by atoms with Gasteiger partial charge >= 0.3 is 0 Å². The monoisotopic (exact) mass is 323 g/mol. The van der Waals surface area contributed by atoms with Gasteiger partial charge in [-0.15, -0.1) is 0 Å².